The highest BCUT2D eigenvalue weighted by atomic mass is 16.7. The number of hydrogen-bond donors (Lipinski definition) is 0. The fraction of sp³-hybridized carbons (Fsp3) is 0.500. The Bertz CT molecular complexity index is 790. The van der Waals surface area contributed by atoms with Crippen LogP contribution in [0.2, 0.25) is 0 Å². The monoisotopic (exact) mass is 428 g/mol. The lowest BCUT2D eigenvalue weighted by Gasteiger charge is -2.19. The molecule has 0 amide bonds. The Labute approximate surface area is 186 Å². The molecule has 170 valence electrons. The van der Waals surface area contributed by atoms with Crippen LogP contribution in [0.5, 0.6) is 11.5 Å². The normalized spacial score (nSPS) is 13.4. The molecule has 0 bridgehead atoms. The summed E-state index contributed by atoms with van der Waals surface area (Å²) in [6, 6.07) is 15.6. The molecule has 0 fully saturated rings. The van der Waals surface area contributed by atoms with Crippen LogP contribution < -0.4 is 9.47 Å². The van der Waals surface area contributed by atoms with Gasteiger partial charge in [0.15, 0.2) is 6.29 Å². The standard InChI is InChI=1S/C26H36O5/c1-7-19(2)22-10-14-24(15-11-22)30-20(3)28-16-17-29-23-12-8-21(9-13-23)18-25(27)31-26(4,5)6/h8-15,19-20H,7,16-18H2,1-6H3. The van der Waals surface area contributed by atoms with E-state index in [1.807, 2.05) is 64.1 Å². The number of benzene rings is 2. The molecule has 0 aliphatic rings. The quantitative estimate of drug-likeness (QED) is 0.253. The maximum absolute atomic E-state index is 11.9. The molecule has 2 aromatic rings. The van der Waals surface area contributed by atoms with Crippen molar-refractivity contribution in [1.29, 1.82) is 0 Å². The topological polar surface area (TPSA) is 54.0 Å². The summed E-state index contributed by atoms with van der Waals surface area (Å²) in [5.74, 6) is 1.83. The van der Waals surface area contributed by atoms with Crippen molar-refractivity contribution in [2.75, 3.05) is 13.2 Å². The summed E-state index contributed by atoms with van der Waals surface area (Å²) in [5.41, 5.74) is 1.73. The van der Waals surface area contributed by atoms with Crippen molar-refractivity contribution in [3.8, 4) is 11.5 Å². The second-order valence-corrected chi connectivity index (χ2v) is 8.69. The predicted molar refractivity (Wildman–Crippen MR) is 123 cm³/mol. The van der Waals surface area contributed by atoms with Gasteiger partial charge in [-0.15, -0.1) is 0 Å². The lowest BCUT2D eigenvalue weighted by atomic mass is 9.99. The molecule has 0 saturated heterocycles. The number of esters is 1. The van der Waals surface area contributed by atoms with E-state index in [0.717, 1.165) is 23.5 Å². The highest BCUT2D eigenvalue weighted by molar-refractivity contribution is 5.73. The van der Waals surface area contributed by atoms with Crippen molar-refractivity contribution in [3.05, 3.63) is 59.7 Å². The highest BCUT2D eigenvalue weighted by Gasteiger charge is 2.16. The van der Waals surface area contributed by atoms with Gasteiger partial charge in [0, 0.05) is 0 Å². The number of rotatable bonds is 11. The third-order valence-corrected chi connectivity index (χ3v) is 4.76. The van der Waals surface area contributed by atoms with Gasteiger partial charge in [-0.05, 0) is 75.4 Å². The summed E-state index contributed by atoms with van der Waals surface area (Å²) in [5, 5.41) is 0. The first kappa shape index (κ1) is 24.7. The fourth-order valence-corrected chi connectivity index (χ4v) is 2.96. The van der Waals surface area contributed by atoms with Crippen molar-refractivity contribution in [2.24, 2.45) is 0 Å². The summed E-state index contributed by atoms with van der Waals surface area (Å²) in [4.78, 5) is 11.9. The van der Waals surface area contributed by atoms with Gasteiger partial charge in [-0.25, -0.2) is 0 Å². The molecule has 2 atom stereocenters. The van der Waals surface area contributed by atoms with Crippen LogP contribution in [0, 0.1) is 0 Å². The molecule has 0 aromatic heterocycles. The summed E-state index contributed by atoms with van der Waals surface area (Å²) >= 11 is 0. The van der Waals surface area contributed by atoms with E-state index in [4.69, 9.17) is 18.9 Å². The van der Waals surface area contributed by atoms with Crippen LogP contribution in [0.1, 0.15) is 65.0 Å². The van der Waals surface area contributed by atoms with Gasteiger partial charge in [0.25, 0.3) is 0 Å². The minimum Gasteiger partial charge on any atom is -0.491 e. The molecule has 0 radical (unpaired) electrons. The Morgan fingerprint density at radius 3 is 2.10 bits per heavy atom. The average Bonchev–Trinajstić information content (AvgIpc) is 2.71. The Morgan fingerprint density at radius 2 is 1.52 bits per heavy atom. The van der Waals surface area contributed by atoms with Crippen LogP contribution in [0.15, 0.2) is 48.5 Å². The Balaban J connectivity index is 1.68. The lowest BCUT2D eigenvalue weighted by molar-refractivity contribution is -0.153. The second kappa shape index (κ2) is 11.8. The van der Waals surface area contributed by atoms with Crippen molar-refractivity contribution in [1.82, 2.24) is 0 Å². The molecule has 0 heterocycles. The van der Waals surface area contributed by atoms with Gasteiger partial charge in [-0.1, -0.05) is 38.1 Å². The molecule has 5 nitrogen and oxygen atoms in total. The third-order valence-electron chi connectivity index (χ3n) is 4.76. The van der Waals surface area contributed by atoms with E-state index in [1.165, 1.54) is 5.56 Å². The minimum atomic E-state index is -0.474. The molecule has 5 heteroatoms. The first-order valence-corrected chi connectivity index (χ1v) is 11.0. The number of ether oxygens (including phenoxy) is 4. The molecule has 31 heavy (non-hydrogen) atoms. The number of carbonyl (C=O) groups excluding carboxylic acids is 1. The molecule has 0 aliphatic heterocycles. The van der Waals surface area contributed by atoms with Crippen LogP contribution in [0.3, 0.4) is 0 Å². The van der Waals surface area contributed by atoms with Gasteiger partial charge in [0.05, 0.1) is 13.0 Å². The molecule has 0 spiro atoms. The summed E-state index contributed by atoms with van der Waals surface area (Å²) < 4.78 is 22.5. The number of carbonyl (C=O) groups is 1. The molecule has 0 N–H and O–H groups in total. The molecule has 0 aliphatic carbocycles. The molecule has 2 unspecified atom stereocenters. The van der Waals surface area contributed by atoms with Crippen LogP contribution >= 0.6 is 0 Å². The molecule has 0 saturated carbocycles. The first-order chi connectivity index (χ1) is 14.7. The second-order valence-electron chi connectivity index (χ2n) is 8.69. The van der Waals surface area contributed by atoms with Gasteiger partial charge in [0.2, 0.25) is 0 Å². The summed E-state index contributed by atoms with van der Waals surface area (Å²) in [6.07, 6.45) is 0.995. The molecular weight excluding hydrogens is 392 g/mol. The first-order valence-electron chi connectivity index (χ1n) is 11.0. The third kappa shape index (κ3) is 9.43. The SMILES string of the molecule is CCC(C)c1ccc(OC(C)OCCOc2ccc(CC(=O)OC(C)(C)C)cc2)cc1. The zero-order chi connectivity index (χ0) is 22.9. The van der Waals surface area contributed by atoms with E-state index < -0.39 is 5.60 Å². The van der Waals surface area contributed by atoms with Crippen molar-refractivity contribution >= 4 is 5.97 Å². The molecule has 2 aromatic carbocycles. The van der Waals surface area contributed by atoms with E-state index in [1.54, 1.807) is 0 Å². The van der Waals surface area contributed by atoms with Gasteiger partial charge in [-0.3, -0.25) is 4.79 Å². The Hall–Kier alpha value is -2.53. The molecular formula is C26H36O5. The van der Waals surface area contributed by atoms with Gasteiger partial charge in [0.1, 0.15) is 23.7 Å². The van der Waals surface area contributed by atoms with Crippen LogP contribution in [0.25, 0.3) is 0 Å². The fourth-order valence-electron chi connectivity index (χ4n) is 2.96. The number of hydrogen-bond acceptors (Lipinski definition) is 5. The highest BCUT2D eigenvalue weighted by Crippen LogP contribution is 2.22. The largest absolute Gasteiger partial charge is 0.491 e. The van der Waals surface area contributed by atoms with Gasteiger partial charge >= 0.3 is 5.97 Å². The zero-order valence-electron chi connectivity index (χ0n) is 19.6. The van der Waals surface area contributed by atoms with E-state index in [-0.39, 0.29) is 18.7 Å². The van der Waals surface area contributed by atoms with Crippen molar-refractivity contribution < 1.29 is 23.7 Å². The van der Waals surface area contributed by atoms with Crippen LogP contribution in [-0.2, 0) is 20.7 Å². The van der Waals surface area contributed by atoms with E-state index in [2.05, 4.69) is 26.0 Å². The van der Waals surface area contributed by atoms with Crippen LogP contribution in [0.4, 0.5) is 0 Å². The Morgan fingerprint density at radius 1 is 0.903 bits per heavy atom. The maximum atomic E-state index is 11.9. The average molecular weight is 429 g/mol. The summed E-state index contributed by atoms with van der Waals surface area (Å²) in [7, 11) is 0. The van der Waals surface area contributed by atoms with Gasteiger partial charge < -0.3 is 18.9 Å². The zero-order valence-corrected chi connectivity index (χ0v) is 19.6. The van der Waals surface area contributed by atoms with E-state index in [9.17, 15) is 4.79 Å². The van der Waals surface area contributed by atoms with E-state index in [0.29, 0.717) is 19.1 Å². The van der Waals surface area contributed by atoms with E-state index >= 15 is 0 Å². The Kier molecular flexibility index (Phi) is 9.38. The van der Waals surface area contributed by atoms with Crippen LogP contribution in [-0.4, -0.2) is 31.1 Å². The minimum absolute atomic E-state index is 0.238. The van der Waals surface area contributed by atoms with Crippen molar-refractivity contribution in [2.45, 2.75) is 72.2 Å². The maximum Gasteiger partial charge on any atom is 0.310 e. The van der Waals surface area contributed by atoms with Gasteiger partial charge in [-0.2, -0.15) is 0 Å². The predicted octanol–water partition coefficient (Wildman–Crippen LogP) is 5.90. The smallest absolute Gasteiger partial charge is 0.310 e. The molecule has 2 rings (SSSR count). The summed E-state index contributed by atoms with van der Waals surface area (Å²) in [6.45, 7) is 12.7. The van der Waals surface area contributed by atoms with Crippen molar-refractivity contribution in [3.63, 3.8) is 0 Å². The lowest BCUT2D eigenvalue weighted by Crippen LogP contribution is -2.24.